The lowest BCUT2D eigenvalue weighted by Gasteiger charge is -2.35. The summed E-state index contributed by atoms with van der Waals surface area (Å²) in [7, 11) is 0. The van der Waals surface area contributed by atoms with E-state index in [-0.39, 0.29) is 0 Å². The smallest absolute Gasteiger partial charge is 0.115 e. The summed E-state index contributed by atoms with van der Waals surface area (Å²) in [6.45, 7) is 4.37. The highest BCUT2D eigenvalue weighted by Crippen LogP contribution is 2.30. The fraction of sp³-hybridized carbons (Fsp3) is 0.333. The van der Waals surface area contributed by atoms with Crippen LogP contribution in [-0.4, -0.2) is 16.6 Å². The second kappa shape index (κ2) is 5.68. The average molecular weight is 267 g/mol. The van der Waals surface area contributed by atoms with Gasteiger partial charge in [-0.05, 0) is 41.7 Å². The number of benzene rings is 2. The Bertz CT molecular complexity index is 576. The monoisotopic (exact) mass is 267 g/mol. The molecule has 1 heterocycles. The van der Waals surface area contributed by atoms with Crippen molar-refractivity contribution in [2.45, 2.75) is 32.4 Å². The molecule has 0 fully saturated rings. The number of fused-ring (bicyclic) bond motifs is 1. The predicted molar refractivity (Wildman–Crippen MR) is 81.7 cm³/mol. The molecule has 2 aromatic rings. The van der Waals surface area contributed by atoms with Gasteiger partial charge in [-0.25, -0.2) is 0 Å². The van der Waals surface area contributed by atoms with Crippen molar-refractivity contribution in [3.63, 3.8) is 0 Å². The summed E-state index contributed by atoms with van der Waals surface area (Å²) in [6, 6.07) is 16.8. The number of hydrogen-bond acceptors (Lipinski definition) is 2. The van der Waals surface area contributed by atoms with Crippen molar-refractivity contribution in [1.82, 2.24) is 4.90 Å². The first kappa shape index (κ1) is 13.2. The van der Waals surface area contributed by atoms with Gasteiger partial charge in [0.05, 0.1) is 0 Å². The third-order valence-electron chi connectivity index (χ3n) is 4.27. The molecule has 0 spiro atoms. The molecule has 0 saturated heterocycles. The number of rotatable bonds is 3. The van der Waals surface area contributed by atoms with E-state index in [0.717, 1.165) is 25.9 Å². The molecular weight excluding hydrogens is 246 g/mol. The molecule has 20 heavy (non-hydrogen) atoms. The molecule has 1 aliphatic heterocycles. The molecule has 0 saturated carbocycles. The zero-order chi connectivity index (χ0) is 13.9. The molecule has 1 aliphatic rings. The van der Waals surface area contributed by atoms with Crippen LogP contribution in [0.1, 0.15) is 36.1 Å². The van der Waals surface area contributed by atoms with Gasteiger partial charge in [-0.1, -0.05) is 43.3 Å². The number of aromatic hydroxyl groups is 1. The predicted octanol–water partition coefficient (Wildman–Crippen LogP) is 3.90. The van der Waals surface area contributed by atoms with Gasteiger partial charge in [0.15, 0.2) is 0 Å². The summed E-state index contributed by atoms with van der Waals surface area (Å²) < 4.78 is 0. The molecule has 104 valence electrons. The van der Waals surface area contributed by atoms with Gasteiger partial charge < -0.3 is 5.11 Å². The summed E-state index contributed by atoms with van der Waals surface area (Å²) in [4.78, 5) is 2.55. The second-order valence-electron chi connectivity index (χ2n) is 5.50. The highest BCUT2D eigenvalue weighted by Gasteiger charge is 2.23. The van der Waals surface area contributed by atoms with Crippen molar-refractivity contribution in [3.05, 3.63) is 65.2 Å². The number of nitrogens with zero attached hydrogens (tertiary/aromatic N) is 1. The Morgan fingerprint density at radius 2 is 1.75 bits per heavy atom. The van der Waals surface area contributed by atoms with Crippen molar-refractivity contribution in [2.24, 2.45) is 0 Å². The summed E-state index contributed by atoms with van der Waals surface area (Å²) in [5.41, 5.74) is 4.24. The molecule has 1 atom stereocenters. The van der Waals surface area contributed by atoms with Crippen molar-refractivity contribution in [3.8, 4) is 5.75 Å². The minimum absolute atomic E-state index is 0.340. The lowest BCUT2D eigenvalue weighted by molar-refractivity contribution is 0.174. The molecule has 2 aromatic carbocycles. The van der Waals surface area contributed by atoms with Crippen molar-refractivity contribution < 1.29 is 5.11 Å². The molecule has 0 aliphatic carbocycles. The van der Waals surface area contributed by atoms with Crippen LogP contribution in [0, 0.1) is 0 Å². The summed E-state index contributed by atoms with van der Waals surface area (Å²) in [5.74, 6) is 0.340. The molecule has 0 amide bonds. The van der Waals surface area contributed by atoms with Crippen molar-refractivity contribution in [2.75, 3.05) is 6.54 Å². The van der Waals surface area contributed by atoms with Crippen LogP contribution in [-0.2, 0) is 13.0 Å². The number of hydrogen-bond donors (Lipinski definition) is 1. The van der Waals surface area contributed by atoms with E-state index in [2.05, 4.69) is 36.1 Å². The van der Waals surface area contributed by atoms with E-state index in [9.17, 15) is 5.11 Å². The Balaban J connectivity index is 1.83. The Morgan fingerprint density at radius 1 is 1.05 bits per heavy atom. The van der Waals surface area contributed by atoms with Crippen LogP contribution in [0.5, 0.6) is 5.75 Å². The van der Waals surface area contributed by atoms with Crippen LogP contribution in [0.15, 0.2) is 48.5 Å². The van der Waals surface area contributed by atoms with Crippen molar-refractivity contribution >= 4 is 0 Å². The fourth-order valence-electron chi connectivity index (χ4n) is 3.18. The maximum Gasteiger partial charge on any atom is 0.115 e. The molecule has 2 nitrogen and oxygen atoms in total. The highest BCUT2D eigenvalue weighted by molar-refractivity contribution is 5.31. The molecule has 2 heteroatoms. The van der Waals surface area contributed by atoms with E-state index >= 15 is 0 Å². The first-order valence-electron chi connectivity index (χ1n) is 7.37. The molecule has 3 rings (SSSR count). The first-order chi connectivity index (χ1) is 9.78. The summed E-state index contributed by atoms with van der Waals surface area (Å²) in [5, 5.41) is 9.44. The summed E-state index contributed by atoms with van der Waals surface area (Å²) >= 11 is 0. The Kier molecular flexibility index (Phi) is 3.75. The standard InChI is InChI=1S/C18H21NO/c1-2-18(15-7-9-17(20)10-8-15)19-12-11-14-5-3-4-6-16(14)13-19/h3-10,18,20H,2,11-13H2,1H3. The Hall–Kier alpha value is -1.80. The third-order valence-corrected chi connectivity index (χ3v) is 4.27. The molecular formula is C18H21NO. The zero-order valence-electron chi connectivity index (χ0n) is 11.9. The van der Waals surface area contributed by atoms with Gasteiger partial charge in [-0.2, -0.15) is 0 Å². The van der Waals surface area contributed by atoms with Gasteiger partial charge in [-0.3, -0.25) is 4.90 Å². The van der Waals surface area contributed by atoms with Gasteiger partial charge in [0, 0.05) is 19.1 Å². The van der Waals surface area contributed by atoms with Crippen LogP contribution in [0.4, 0.5) is 0 Å². The van der Waals surface area contributed by atoms with Crippen LogP contribution in [0.2, 0.25) is 0 Å². The number of phenols is 1. The second-order valence-corrected chi connectivity index (χ2v) is 5.50. The van der Waals surface area contributed by atoms with Gasteiger partial charge >= 0.3 is 0 Å². The van der Waals surface area contributed by atoms with E-state index in [1.165, 1.54) is 16.7 Å². The van der Waals surface area contributed by atoms with Crippen LogP contribution < -0.4 is 0 Å². The minimum atomic E-state index is 0.340. The summed E-state index contributed by atoms with van der Waals surface area (Å²) in [6.07, 6.45) is 2.22. The van der Waals surface area contributed by atoms with Crippen molar-refractivity contribution in [1.29, 1.82) is 0 Å². The molecule has 0 bridgehead atoms. The van der Waals surface area contributed by atoms with E-state index in [0.29, 0.717) is 11.8 Å². The lowest BCUT2D eigenvalue weighted by atomic mass is 9.95. The van der Waals surface area contributed by atoms with Gasteiger partial charge in [0.25, 0.3) is 0 Å². The van der Waals surface area contributed by atoms with E-state index in [1.54, 1.807) is 12.1 Å². The molecule has 1 N–H and O–H groups in total. The van der Waals surface area contributed by atoms with E-state index in [4.69, 9.17) is 0 Å². The Labute approximate surface area is 120 Å². The average Bonchev–Trinajstić information content (AvgIpc) is 2.50. The maximum absolute atomic E-state index is 9.44. The van der Waals surface area contributed by atoms with Gasteiger partial charge in [0.1, 0.15) is 5.75 Å². The van der Waals surface area contributed by atoms with Gasteiger partial charge in [0.2, 0.25) is 0 Å². The lowest BCUT2D eigenvalue weighted by Crippen LogP contribution is -2.33. The van der Waals surface area contributed by atoms with E-state index < -0.39 is 0 Å². The quantitative estimate of drug-likeness (QED) is 0.911. The van der Waals surface area contributed by atoms with Crippen LogP contribution in [0.25, 0.3) is 0 Å². The maximum atomic E-state index is 9.44. The van der Waals surface area contributed by atoms with Crippen LogP contribution in [0.3, 0.4) is 0 Å². The largest absolute Gasteiger partial charge is 0.508 e. The Morgan fingerprint density at radius 3 is 2.45 bits per heavy atom. The SMILES string of the molecule is CCC(c1ccc(O)cc1)N1CCc2ccccc2C1. The minimum Gasteiger partial charge on any atom is -0.508 e. The van der Waals surface area contributed by atoms with Gasteiger partial charge in [-0.15, -0.1) is 0 Å². The number of phenolic OH excluding ortho intramolecular Hbond substituents is 1. The first-order valence-corrected chi connectivity index (χ1v) is 7.37. The fourth-order valence-corrected chi connectivity index (χ4v) is 3.18. The highest BCUT2D eigenvalue weighted by atomic mass is 16.3. The van der Waals surface area contributed by atoms with E-state index in [1.807, 2.05) is 12.1 Å². The zero-order valence-corrected chi connectivity index (χ0v) is 11.9. The molecule has 0 radical (unpaired) electrons. The topological polar surface area (TPSA) is 23.5 Å². The normalized spacial score (nSPS) is 16.6. The van der Waals surface area contributed by atoms with Crippen LogP contribution >= 0.6 is 0 Å². The third kappa shape index (κ3) is 2.56. The molecule has 0 aromatic heterocycles. The molecule has 1 unspecified atom stereocenters.